The highest BCUT2D eigenvalue weighted by molar-refractivity contribution is 6.46. The minimum absolute atomic E-state index is 0.0339. The van der Waals surface area contributed by atoms with E-state index in [0.29, 0.717) is 6.54 Å². The molecule has 1 saturated heterocycles. The number of anilines is 1. The number of nitrogen functional groups attached to an aromatic ring is 1. The highest BCUT2D eigenvalue weighted by Crippen LogP contribution is 2.34. The van der Waals surface area contributed by atoms with E-state index in [4.69, 9.17) is 45.3 Å². The third-order valence-corrected chi connectivity index (χ3v) is 5.15. The zero-order valence-corrected chi connectivity index (χ0v) is 15.4. The van der Waals surface area contributed by atoms with Gasteiger partial charge in [0.2, 0.25) is 0 Å². The Morgan fingerprint density at radius 2 is 2.00 bits per heavy atom. The van der Waals surface area contributed by atoms with Gasteiger partial charge in [0.15, 0.2) is 17.5 Å². The summed E-state index contributed by atoms with van der Waals surface area (Å²) in [6.07, 6.45) is 3.89. The van der Waals surface area contributed by atoms with Gasteiger partial charge in [-0.1, -0.05) is 41.7 Å². The fraction of sp³-hybridized carbons (Fsp3) is 0.533. The lowest BCUT2D eigenvalue weighted by Gasteiger charge is -2.35. The van der Waals surface area contributed by atoms with Gasteiger partial charge in [-0.05, 0) is 25.7 Å². The van der Waals surface area contributed by atoms with Crippen LogP contribution in [0.3, 0.4) is 0 Å². The number of nitrogens with zero attached hydrogens (tertiary/aromatic N) is 2. The first kappa shape index (κ1) is 19.1. The van der Waals surface area contributed by atoms with Crippen molar-refractivity contribution in [2.45, 2.75) is 38.6 Å². The van der Waals surface area contributed by atoms with Crippen molar-refractivity contribution in [3.8, 4) is 0 Å². The summed E-state index contributed by atoms with van der Waals surface area (Å²) in [5.41, 5.74) is 5.34. The number of hydrogen-bond donors (Lipinski definition) is 1. The smallest absolute Gasteiger partial charge is 0.359 e. The Labute approximate surface area is 155 Å². The van der Waals surface area contributed by atoms with Crippen LogP contribution in [0.4, 0.5) is 5.69 Å². The van der Waals surface area contributed by atoms with Crippen molar-refractivity contribution < 1.29 is 14.3 Å². The number of esters is 1. The third-order valence-electron chi connectivity index (χ3n) is 4.01. The van der Waals surface area contributed by atoms with Crippen LogP contribution in [0.5, 0.6) is 0 Å². The molecule has 0 saturated carbocycles. The first-order chi connectivity index (χ1) is 11.4. The molecule has 1 atom stereocenters. The number of amides is 1. The minimum atomic E-state index is -0.872. The van der Waals surface area contributed by atoms with E-state index in [2.05, 4.69) is 4.98 Å². The maximum Gasteiger partial charge on any atom is 0.359 e. The van der Waals surface area contributed by atoms with Crippen LogP contribution < -0.4 is 5.73 Å². The second kappa shape index (κ2) is 8.23. The molecule has 24 heavy (non-hydrogen) atoms. The first-order valence-electron chi connectivity index (χ1n) is 7.63. The third kappa shape index (κ3) is 4.05. The Bertz CT molecular complexity index is 655. The van der Waals surface area contributed by atoms with E-state index >= 15 is 0 Å². The van der Waals surface area contributed by atoms with Crippen LogP contribution in [-0.4, -0.2) is 41.0 Å². The number of ether oxygens (including phenoxy) is 1. The number of piperidine rings is 1. The molecule has 0 bridgehead atoms. The number of halogens is 3. The quantitative estimate of drug-likeness (QED) is 0.623. The fourth-order valence-corrected chi connectivity index (χ4v) is 3.28. The predicted molar refractivity (Wildman–Crippen MR) is 93.6 cm³/mol. The number of hydrogen-bond acceptors (Lipinski definition) is 5. The molecule has 1 aliphatic rings. The Morgan fingerprint density at radius 1 is 1.29 bits per heavy atom. The van der Waals surface area contributed by atoms with Gasteiger partial charge in [0.1, 0.15) is 5.02 Å². The standard InChI is InChI=1S/C15H18Cl3N3O3/c1-2-8-5-3-4-6-21(8)9(22)7-24-15(23)13-10(16)12(19)11(17)14(18)20-13/h8H,2-7H2,1H3,(H2,19,20). The van der Waals surface area contributed by atoms with Crippen LogP contribution >= 0.6 is 34.8 Å². The van der Waals surface area contributed by atoms with Crippen LogP contribution in [0.2, 0.25) is 15.2 Å². The maximum absolute atomic E-state index is 12.3. The SMILES string of the molecule is CCC1CCCCN1C(=O)COC(=O)c1nc(Cl)c(Cl)c(N)c1Cl. The molecule has 1 fully saturated rings. The Balaban J connectivity index is 2.04. The summed E-state index contributed by atoms with van der Waals surface area (Å²) < 4.78 is 5.03. The summed E-state index contributed by atoms with van der Waals surface area (Å²) >= 11 is 17.5. The van der Waals surface area contributed by atoms with Crippen LogP contribution in [0.15, 0.2) is 0 Å². The molecule has 1 aromatic rings. The summed E-state index contributed by atoms with van der Waals surface area (Å²) in [7, 11) is 0. The molecule has 132 valence electrons. The average Bonchev–Trinajstić information content (AvgIpc) is 2.60. The zero-order valence-electron chi connectivity index (χ0n) is 13.2. The van der Waals surface area contributed by atoms with Gasteiger partial charge in [0.25, 0.3) is 5.91 Å². The lowest BCUT2D eigenvalue weighted by Crippen LogP contribution is -2.45. The first-order valence-corrected chi connectivity index (χ1v) is 8.76. The highest BCUT2D eigenvalue weighted by atomic mass is 35.5. The normalized spacial score (nSPS) is 17.7. The molecule has 1 amide bonds. The van der Waals surface area contributed by atoms with Crippen molar-refractivity contribution in [3.63, 3.8) is 0 Å². The zero-order chi connectivity index (χ0) is 17.9. The summed E-state index contributed by atoms with van der Waals surface area (Å²) in [5, 5.41) is -0.335. The molecular formula is C15H18Cl3N3O3. The molecule has 6 nitrogen and oxygen atoms in total. The summed E-state index contributed by atoms with van der Waals surface area (Å²) in [6, 6.07) is 0.187. The van der Waals surface area contributed by atoms with Gasteiger partial charge in [-0.2, -0.15) is 0 Å². The van der Waals surface area contributed by atoms with Crippen LogP contribution in [0.1, 0.15) is 43.1 Å². The molecule has 0 spiro atoms. The molecule has 1 aromatic heterocycles. The van der Waals surface area contributed by atoms with E-state index in [1.165, 1.54) is 0 Å². The highest BCUT2D eigenvalue weighted by Gasteiger charge is 2.27. The van der Waals surface area contributed by atoms with Crippen molar-refractivity contribution in [2.24, 2.45) is 0 Å². The number of rotatable bonds is 4. The van der Waals surface area contributed by atoms with Gasteiger partial charge in [-0.25, -0.2) is 9.78 Å². The van der Waals surface area contributed by atoms with E-state index in [-0.39, 0.29) is 45.1 Å². The summed E-state index contributed by atoms with van der Waals surface area (Å²) in [6.45, 7) is 2.32. The average molecular weight is 395 g/mol. The Morgan fingerprint density at radius 3 is 2.67 bits per heavy atom. The fourth-order valence-electron chi connectivity index (χ4n) is 2.70. The number of carbonyl (C=O) groups excluding carboxylic acids is 2. The summed E-state index contributed by atoms with van der Waals surface area (Å²) in [5.74, 6) is -1.11. The molecule has 1 aliphatic heterocycles. The Hall–Kier alpha value is -1.24. The van der Waals surface area contributed by atoms with Gasteiger partial charge in [0, 0.05) is 12.6 Å². The minimum Gasteiger partial charge on any atom is -0.451 e. The Kier molecular flexibility index (Phi) is 6.54. The maximum atomic E-state index is 12.3. The molecule has 9 heteroatoms. The van der Waals surface area contributed by atoms with Gasteiger partial charge < -0.3 is 15.4 Å². The van der Waals surface area contributed by atoms with Gasteiger partial charge >= 0.3 is 5.97 Å². The molecule has 0 aromatic carbocycles. The van der Waals surface area contributed by atoms with E-state index in [9.17, 15) is 9.59 Å². The van der Waals surface area contributed by atoms with Gasteiger partial charge in [-0.3, -0.25) is 4.79 Å². The molecule has 2 heterocycles. The second-order valence-corrected chi connectivity index (χ2v) is 6.63. The molecule has 0 aliphatic carbocycles. The number of likely N-dealkylation sites (tertiary alicyclic amines) is 1. The van der Waals surface area contributed by atoms with Crippen LogP contribution in [0, 0.1) is 0 Å². The number of carbonyl (C=O) groups is 2. The lowest BCUT2D eigenvalue weighted by molar-refractivity contribution is -0.138. The number of nitrogens with two attached hydrogens (primary N) is 1. The molecular weight excluding hydrogens is 377 g/mol. The van der Waals surface area contributed by atoms with Crippen LogP contribution in [-0.2, 0) is 9.53 Å². The van der Waals surface area contributed by atoms with Crippen molar-refractivity contribution in [1.82, 2.24) is 9.88 Å². The lowest BCUT2D eigenvalue weighted by atomic mass is 10.00. The topological polar surface area (TPSA) is 85.5 Å². The summed E-state index contributed by atoms with van der Waals surface area (Å²) in [4.78, 5) is 30.0. The van der Waals surface area contributed by atoms with Crippen molar-refractivity contribution in [3.05, 3.63) is 20.9 Å². The number of pyridine rings is 1. The molecule has 2 N–H and O–H groups in total. The predicted octanol–water partition coefficient (Wildman–Crippen LogP) is 3.57. The molecule has 0 radical (unpaired) electrons. The van der Waals surface area contributed by atoms with E-state index in [1.54, 1.807) is 4.90 Å². The van der Waals surface area contributed by atoms with E-state index < -0.39 is 5.97 Å². The largest absolute Gasteiger partial charge is 0.451 e. The van der Waals surface area contributed by atoms with Crippen molar-refractivity contribution in [2.75, 3.05) is 18.9 Å². The van der Waals surface area contributed by atoms with Crippen LogP contribution in [0.25, 0.3) is 0 Å². The van der Waals surface area contributed by atoms with Crippen molar-refractivity contribution >= 4 is 52.4 Å². The van der Waals surface area contributed by atoms with Gasteiger partial charge in [-0.15, -0.1) is 0 Å². The van der Waals surface area contributed by atoms with E-state index in [0.717, 1.165) is 25.7 Å². The van der Waals surface area contributed by atoms with Gasteiger partial charge in [0.05, 0.1) is 10.7 Å². The molecule has 1 unspecified atom stereocenters. The van der Waals surface area contributed by atoms with Crippen molar-refractivity contribution in [1.29, 1.82) is 0 Å². The molecule has 2 rings (SSSR count). The van der Waals surface area contributed by atoms with E-state index in [1.807, 2.05) is 6.92 Å². The second-order valence-electron chi connectivity index (χ2n) is 5.51. The number of aromatic nitrogens is 1. The monoisotopic (exact) mass is 393 g/mol.